The lowest BCUT2D eigenvalue weighted by molar-refractivity contribution is -0.132. The second kappa shape index (κ2) is 6.57. The molecule has 1 unspecified atom stereocenters. The predicted octanol–water partition coefficient (Wildman–Crippen LogP) is 1.83. The molecule has 0 bridgehead atoms. The molecule has 2 aromatic rings. The Hall–Kier alpha value is -2.09. The van der Waals surface area contributed by atoms with Crippen molar-refractivity contribution in [1.82, 2.24) is 19.9 Å². The van der Waals surface area contributed by atoms with Crippen LogP contribution < -0.4 is 4.90 Å². The molecule has 122 valence electrons. The Morgan fingerprint density at radius 3 is 2.48 bits per heavy atom. The van der Waals surface area contributed by atoms with E-state index >= 15 is 0 Å². The summed E-state index contributed by atoms with van der Waals surface area (Å²) in [7, 11) is 0. The standard InChI is InChI=1S/C15H18FN5OS/c1-10-9-23-13(19-10)11(2)14(22)20-3-5-21(6-4-20)15-17-7-12(16)8-18-15/h7-9,11H,3-6H2,1-2H3. The van der Waals surface area contributed by atoms with Crippen LogP contribution in [0.1, 0.15) is 23.5 Å². The van der Waals surface area contributed by atoms with Crippen molar-refractivity contribution in [3.8, 4) is 0 Å². The number of rotatable bonds is 3. The highest BCUT2D eigenvalue weighted by Crippen LogP contribution is 2.23. The summed E-state index contributed by atoms with van der Waals surface area (Å²) in [5.74, 6) is -0.0708. The van der Waals surface area contributed by atoms with Crippen LogP contribution in [0.5, 0.6) is 0 Å². The number of nitrogens with zero attached hydrogens (tertiary/aromatic N) is 5. The monoisotopic (exact) mass is 335 g/mol. The van der Waals surface area contributed by atoms with Gasteiger partial charge in [-0.2, -0.15) is 0 Å². The molecule has 1 aliphatic heterocycles. The van der Waals surface area contributed by atoms with Gasteiger partial charge in [-0.15, -0.1) is 11.3 Å². The molecule has 1 amide bonds. The Bertz CT molecular complexity index is 681. The highest BCUT2D eigenvalue weighted by Gasteiger charge is 2.28. The highest BCUT2D eigenvalue weighted by molar-refractivity contribution is 7.09. The highest BCUT2D eigenvalue weighted by atomic mass is 32.1. The average Bonchev–Trinajstić information content (AvgIpc) is 3.01. The van der Waals surface area contributed by atoms with Crippen LogP contribution in [-0.4, -0.2) is 51.9 Å². The van der Waals surface area contributed by atoms with Gasteiger partial charge in [-0.25, -0.2) is 19.3 Å². The number of carbonyl (C=O) groups excluding carboxylic acids is 1. The normalized spacial score (nSPS) is 16.5. The third kappa shape index (κ3) is 3.47. The zero-order valence-corrected chi connectivity index (χ0v) is 13.9. The van der Waals surface area contributed by atoms with Crippen molar-refractivity contribution in [2.75, 3.05) is 31.1 Å². The lowest BCUT2D eigenvalue weighted by Gasteiger charge is -2.35. The lowest BCUT2D eigenvalue weighted by atomic mass is 10.1. The first-order valence-electron chi connectivity index (χ1n) is 7.48. The van der Waals surface area contributed by atoms with Gasteiger partial charge >= 0.3 is 0 Å². The van der Waals surface area contributed by atoms with Gasteiger partial charge in [0.15, 0.2) is 5.82 Å². The second-order valence-corrected chi connectivity index (χ2v) is 6.45. The van der Waals surface area contributed by atoms with Crippen molar-refractivity contribution in [3.63, 3.8) is 0 Å². The van der Waals surface area contributed by atoms with Gasteiger partial charge in [0, 0.05) is 37.3 Å². The minimum Gasteiger partial charge on any atom is -0.339 e. The molecular formula is C15H18FN5OS. The Balaban J connectivity index is 1.60. The van der Waals surface area contributed by atoms with Gasteiger partial charge in [0.1, 0.15) is 5.01 Å². The zero-order chi connectivity index (χ0) is 16.4. The van der Waals surface area contributed by atoms with E-state index in [2.05, 4.69) is 15.0 Å². The van der Waals surface area contributed by atoms with E-state index in [1.54, 1.807) is 0 Å². The number of hydrogen-bond acceptors (Lipinski definition) is 6. The van der Waals surface area contributed by atoms with E-state index in [-0.39, 0.29) is 11.8 Å². The predicted molar refractivity (Wildman–Crippen MR) is 86.0 cm³/mol. The molecule has 2 aromatic heterocycles. The third-order valence-electron chi connectivity index (χ3n) is 3.86. The Kier molecular flexibility index (Phi) is 4.51. The van der Waals surface area contributed by atoms with E-state index in [0.717, 1.165) is 23.1 Å². The fraction of sp³-hybridized carbons (Fsp3) is 0.467. The fourth-order valence-corrected chi connectivity index (χ4v) is 3.39. The van der Waals surface area contributed by atoms with Crippen molar-refractivity contribution in [1.29, 1.82) is 0 Å². The first kappa shape index (κ1) is 15.8. The number of carbonyl (C=O) groups is 1. The van der Waals surface area contributed by atoms with Crippen LogP contribution in [0, 0.1) is 12.7 Å². The summed E-state index contributed by atoms with van der Waals surface area (Å²) >= 11 is 1.52. The molecule has 23 heavy (non-hydrogen) atoms. The first-order valence-corrected chi connectivity index (χ1v) is 8.36. The number of piperazine rings is 1. The zero-order valence-electron chi connectivity index (χ0n) is 13.1. The van der Waals surface area contributed by atoms with E-state index in [1.807, 2.05) is 29.0 Å². The average molecular weight is 335 g/mol. The van der Waals surface area contributed by atoms with E-state index in [4.69, 9.17) is 0 Å². The van der Waals surface area contributed by atoms with E-state index in [1.165, 1.54) is 11.3 Å². The van der Waals surface area contributed by atoms with Gasteiger partial charge in [-0.3, -0.25) is 4.79 Å². The summed E-state index contributed by atoms with van der Waals surface area (Å²) < 4.78 is 12.9. The molecular weight excluding hydrogens is 317 g/mol. The van der Waals surface area contributed by atoms with E-state index in [9.17, 15) is 9.18 Å². The van der Waals surface area contributed by atoms with E-state index in [0.29, 0.717) is 32.1 Å². The summed E-state index contributed by atoms with van der Waals surface area (Å²) in [4.78, 5) is 28.8. The van der Waals surface area contributed by atoms with Gasteiger partial charge in [0.05, 0.1) is 18.3 Å². The maximum atomic E-state index is 12.9. The van der Waals surface area contributed by atoms with Gasteiger partial charge in [-0.1, -0.05) is 0 Å². The van der Waals surface area contributed by atoms with Crippen LogP contribution in [-0.2, 0) is 4.79 Å². The Morgan fingerprint density at radius 2 is 1.91 bits per heavy atom. The van der Waals surface area contributed by atoms with Crippen molar-refractivity contribution >= 4 is 23.2 Å². The molecule has 6 nitrogen and oxygen atoms in total. The smallest absolute Gasteiger partial charge is 0.232 e. The van der Waals surface area contributed by atoms with Crippen molar-refractivity contribution in [3.05, 3.63) is 34.3 Å². The molecule has 1 aliphatic rings. The van der Waals surface area contributed by atoms with Gasteiger partial charge < -0.3 is 9.80 Å². The van der Waals surface area contributed by atoms with Crippen molar-refractivity contribution in [2.24, 2.45) is 0 Å². The SMILES string of the molecule is Cc1csc(C(C)C(=O)N2CCN(c3ncc(F)cn3)CC2)n1. The summed E-state index contributed by atoms with van der Waals surface area (Å²) in [6.45, 7) is 6.32. The van der Waals surface area contributed by atoms with Crippen LogP contribution in [0.3, 0.4) is 0 Å². The first-order chi connectivity index (χ1) is 11.0. The number of thiazole rings is 1. The van der Waals surface area contributed by atoms with Crippen LogP contribution in [0.4, 0.5) is 10.3 Å². The van der Waals surface area contributed by atoms with E-state index < -0.39 is 5.82 Å². The van der Waals surface area contributed by atoms with Crippen LogP contribution in [0.25, 0.3) is 0 Å². The van der Waals surface area contributed by atoms with Crippen molar-refractivity contribution < 1.29 is 9.18 Å². The molecule has 0 saturated carbocycles. The molecule has 1 atom stereocenters. The Morgan fingerprint density at radius 1 is 1.26 bits per heavy atom. The molecule has 0 spiro atoms. The van der Waals surface area contributed by atoms with Crippen LogP contribution in [0.15, 0.2) is 17.8 Å². The maximum absolute atomic E-state index is 12.9. The molecule has 3 heterocycles. The fourth-order valence-electron chi connectivity index (χ4n) is 2.55. The largest absolute Gasteiger partial charge is 0.339 e. The summed E-state index contributed by atoms with van der Waals surface area (Å²) in [6, 6.07) is 0. The molecule has 0 aliphatic carbocycles. The summed E-state index contributed by atoms with van der Waals surface area (Å²) in [5, 5.41) is 2.82. The molecule has 8 heteroatoms. The summed E-state index contributed by atoms with van der Waals surface area (Å²) in [5.41, 5.74) is 0.947. The molecule has 1 saturated heterocycles. The number of halogens is 1. The number of anilines is 1. The molecule has 1 fully saturated rings. The summed E-state index contributed by atoms with van der Waals surface area (Å²) in [6.07, 6.45) is 2.32. The molecule has 0 radical (unpaired) electrons. The third-order valence-corrected chi connectivity index (χ3v) is 5.00. The maximum Gasteiger partial charge on any atom is 0.232 e. The quantitative estimate of drug-likeness (QED) is 0.856. The minimum atomic E-state index is -0.449. The topological polar surface area (TPSA) is 62.2 Å². The number of hydrogen-bond donors (Lipinski definition) is 0. The van der Waals surface area contributed by atoms with Gasteiger partial charge in [0.2, 0.25) is 11.9 Å². The number of amides is 1. The molecule has 0 aromatic carbocycles. The molecule has 0 N–H and O–H groups in total. The Labute approximate surface area is 138 Å². The number of aromatic nitrogens is 3. The van der Waals surface area contributed by atoms with Gasteiger partial charge in [0.25, 0.3) is 0 Å². The lowest BCUT2D eigenvalue weighted by Crippen LogP contribution is -2.50. The van der Waals surface area contributed by atoms with Crippen LogP contribution in [0.2, 0.25) is 0 Å². The molecule has 3 rings (SSSR count). The second-order valence-electron chi connectivity index (χ2n) is 5.56. The number of aryl methyl sites for hydroxylation is 1. The van der Waals surface area contributed by atoms with Crippen LogP contribution >= 0.6 is 11.3 Å². The van der Waals surface area contributed by atoms with Crippen molar-refractivity contribution in [2.45, 2.75) is 19.8 Å². The minimum absolute atomic E-state index is 0.0963. The van der Waals surface area contributed by atoms with Gasteiger partial charge in [-0.05, 0) is 13.8 Å².